The summed E-state index contributed by atoms with van der Waals surface area (Å²) in [6.45, 7) is 7.14. The van der Waals surface area contributed by atoms with Gasteiger partial charge >= 0.3 is 0 Å². The highest BCUT2D eigenvalue weighted by atomic mass is 32.2. The lowest BCUT2D eigenvalue weighted by atomic mass is 10.1. The topological polar surface area (TPSA) is 66.4 Å². The highest BCUT2D eigenvalue weighted by molar-refractivity contribution is 7.98. The van der Waals surface area contributed by atoms with E-state index in [1.807, 2.05) is 25.3 Å². The summed E-state index contributed by atoms with van der Waals surface area (Å²) in [7, 11) is -3.61. The zero-order valence-corrected chi connectivity index (χ0v) is 14.3. The van der Waals surface area contributed by atoms with Crippen LogP contribution in [-0.2, 0) is 10.0 Å². The summed E-state index contributed by atoms with van der Waals surface area (Å²) in [6.07, 6.45) is 1.87. The van der Waals surface area contributed by atoms with Gasteiger partial charge in [0.25, 0.3) is 0 Å². The maximum atomic E-state index is 12.4. The van der Waals surface area contributed by atoms with Crippen molar-refractivity contribution in [3.8, 4) is 0 Å². The Bertz CT molecular complexity index is 557. The molecule has 0 heterocycles. The maximum Gasteiger partial charge on any atom is 0.241 e. The number of hydrogen-bond donors (Lipinski definition) is 2. The molecule has 1 aromatic rings. The zero-order chi connectivity index (χ0) is 15.6. The summed E-state index contributed by atoms with van der Waals surface area (Å²) in [5, 5.41) is 10.1. The number of rotatable bonds is 6. The van der Waals surface area contributed by atoms with Crippen molar-refractivity contribution >= 4 is 21.8 Å². The summed E-state index contributed by atoms with van der Waals surface area (Å²) in [5.74, 6) is 0.474. The van der Waals surface area contributed by atoms with Crippen LogP contribution in [0.4, 0.5) is 0 Å². The van der Waals surface area contributed by atoms with Crippen molar-refractivity contribution in [3.63, 3.8) is 0 Å². The summed E-state index contributed by atoms with van der Waals surface area (Å²) >= 11 is 1.48. The van der Waals surface area contributed by atoms with Crippen molar-refractivity contribution in [1.82, 2.24) is 4.72 Å². The smallest absolute Gasteiger partial charge is 0.241 e. The van der Waals surface area contributed by atoms with E-state index in [9.17, 15) is 13.5 Å². The predicted molar refractivity (Wildman–Crippen MR) is 84.8 cm³/mol. The molecule has 4 nitrogen and oxygen atoms in total. The second-order valence-corrected chi connectivity index (χ2v) is 8.05. The van der Waals surface area contributed by atoms with Crippen LogP contribution in [0.25, 0.3) is 0 Å². The normalized spacial score (nSPS) is 15.1. The molecule has 6 heteroatoms. The number of hydrogen-bond acceptors (Lipinski definition) is 4. The molecule has 1 atom stereocenters. The fourth-order valence-electron chi connectivity index (χ4n) is 2.28. The van der Waals surface area contributed by atoms with E-state index in [4.69, 9.17) is 0 Å². The first-order valence-corrected chi connectivity index (χ1v) is 9.25. The molecule has 1 unspecified atom stereocenters. The number of aryl methyl sites for hydroxylation is 3. The Balaban J connectivity index is 3.01. The van der Waals surface area contributed by atoms with Gasteiger partial charge in [0.1, 0.15) is 0 Å². The fraction of sp³-hybridized carbons (Fsp3) is 0.571. The number of nitrogens with one attached hydrogen (secondary N) is 1. The van der Waals surface area contributed by atoms with Crippen LogP contribution in [0.3, 0.4) is 0 Å². The Labute approximate surface area is 126 Å². The molecule has 1 rings (SSSR count). The molecular weight excluding hydrogens is 294 g/mol. The third-order valence-corrected chi connectivity index (χ3v) is 5.59. The minimum absolute atomic E-state index is 0.00291. The highest BCUT2D eigenvalue weighted by Gasteiger charge is 2.25. The Kier molecular flexibility index (Phi) is 5.66. The lowest BCUT2D eigenvalue weighted by Gasteiger charge is -2.23. The maximum absolute atomic E-state index is 12.4. The van der Waals surface area contributed by atoms with Gasteiger partial charge < -0.3 is 5.11 Å². The van der Waals surface area contributed by atoms with E-state index in [2.05, 4.69) is 4.72 Å². The number of thioether (sulfide) groups is 1. The predicted octanol–water partition coefficient (Wildman–Crippen LogP) is 2.00. The zero-order valence-electron chi connectivity index (χ0n) is 12.6. The lowest BCUT2D eigenvalue weighted by molar-refractivity contribution is 0.0908. The van der Waals surface area contributed by atoms with Crippen LogP contribution in [0.1, 0.15) is 23.6 Å². The van der Waals surface area contributed by atoms with Crippen LogP contribution in [0.5, 0.6) is 0 Å². The molecule has 0 aliphatic heterocycles. The van der Waals surface area contributed by atoms with Gasteiger partial charge in [0.2, 0.25) is 10.0 Å². The van der Waals surface area contributed by atoms with Gasteiger partial charge in [-0.3, -0.25) is 0 Å². The van der Waals surface area contributed by atoms with E-state index >= 15 is 0 Å². The molecule has 20 heavy (non-hydrogen) atoms. The van der Waals surface area contributed by atoms with Gasteiger partial charge in [-0.25, -0.2) is 13.1 Å². The van der Waals surface area contributed by atoms with E-state index < -0.39 is 15.6 Å². The molecule has 0 saturated heterocycles. The second kappa shape index (κ2) is 6.47. The first-order valence-electron chi connectivity index (χ1n) is 6.38. The molecule has 0 aliphatic carbocycles. The van der Waals surface area contributed by atoms with Crippen LogP contribution in [0.2, 0.25) is 0 Å². The first kappa shape index (κ1) is 17.5. The minimum Gasteiger partial charge on any atom is -0.388 e. The molecule has 0 fully saturated rings. The van der Waals surface area contributed by atoms with Gasteiger partial charge in [-0.2, -0.15) is 11.8 Å². The Morgan fingerprint density at radius 2 is 1.75 bits per heavy atom. The highest BCUT2D eigenvalue weighted by Crippen LogP contribution is 2.22. The van der Waals surface area contributed by atoms with E-state index in [-0.39, 0.29) is 6.54 Å². The van der Waals surface area contributed by atoms with Gasteiger partial charge in [0.15, 0.2) is 0 Å². The summed E-state index contributed by atoms with van der Waals surface area (Å²) in [5.41, 5.74) is 1.42. The van der Waals surface area contributed by atoms with Crippen molar-refractivity contribution in [2.45, 2.75) is 38.2 Å². The average molecular weight is 317 g/mol. The molecule has 114 valence electrons. The molecule has 0 radical (unpaired) electrons. The fourth-order valence-corrected chi connectivity index (χ4v) is 4.61. The van der Waals surface area contributed by atoms with Crippen LogP contribution in [0, 0.1) is 20.8 Å². The van der Waals surface area contributed by atoms with Crippen molar-refractivity contribution < 1.29 is 13.5 Å². The quantitative estimate of drug-likeness (QED) is 0.842. The summed E-state index contributed by atoms with van der Waals surface area (Å²) < 4.78 is 27.3. The van der Waals surface area contributed by atoms with E-state index in [0.717, 1.165) is 16.7 Å². The third-order valence-electron chi connectivity index (χ3n) is 2.97. The van der Waals surface area contributed by atoms with Crippen molar-refractivity contribution in [1.29, 1.82) is 0 Å². The van der Waals surface area contributed by atoms with Crippen LogP contribution in [-0.4, -0.2) is 37.7 Å². The molecule has 0 aliphatic rings. The van der Waals surface area contributed by atoms with Crippen molar-refractivity contribution in [2.75, 3.05) is 18.6 Å². The van der Waals surface area contributed by atoms with E-state index in [1.165, 1.54) is 11.8 Å². The third kappa shape index (κ3) is 4.48. The van der Waals surface area contributed by atoms with E-state index in [1.54, 1.807) is 20.8 Å². The molecule has 0 spiro atoms. The molecule has 0 saturated carbocycles. The summed E-state index contributed by atoms with van der Waals surface area (Å²) in [6, 6.07) is 3.70. The standard InChI is InChI=1S/C14H23NO3S2/c1-10-6-11(2)13(12(3)7-10)20(17,18)15-8-14(4,16)9-19-5/h6-7,15-16H,8-9H2,1-5H3. The van der Waals surface area contributed by atoms with Gasteiger partial charge in [-0.15, -0.1) is 0 Å². The molecule has 1 aromatic carbocycles. The van der Waals surface area contributed by atoms with E-state index in [0.29, 0.717) is 10.6 Å². The molecular formula is C14H23NO3S2. The van der Waals surface area contributed by atoms with Crippen LogP contribution >= 0.6 is 11.8 Å². The molecule has 0 amide bonds. The first-order chi connectivity index (χ1) is 9.09. The number of benzene rings is 1. The van der Waals surface area contributed by atoms with Gasteiger partial charge in [-0.05, 0) is 45.1 Å². The van der Waals surface area contributed by atoms with Gasteiger partial charge in [0.05, 0.1) is 10.5 Å². The van der Waals surface area contributed by atoms with Gasteiger partial charge in [-0.1, -0.05) is 17.7 Å². The van der Waals surface area contributed by atoms with Gasteiger partial charge in [0, 0.05) is 12.3 Å². The SMILES string of the molecule is CSCC(C)(O)CNS(=O)(=O)c1c(C)cc(C)cc1C. The summed E-state index contributed by atoms with van der Waals surface area (Å²) in [4.78, 5) is 0.308. The molecule has 2 N–H and O–H groups in total. The molecule has 0 bridgehead atoms. The Morgan fingerprint density at radius 1 is 1.25 bits per heavy atom. The number of aliphatic hydroxyl groups is 1. The number of sulfonamides is 1. The van der Waals surface area contributed by atoms with Crippen molar-refractivity contribution in [2.24, 2.45) is 0 Å². The monoisotopic (exact) mass is 317 g/mol. The largest absolute Gasteiger partial charge is 0.388 e. The Hall–Kier alpha value is -0.560. The molecule has 0 aromatic heterocycles. The van der Waals surface area contributed by atoms with Crippen LogP contribution < -0.4 is 4.72 Å². The van der Waals surface area contributed by atoms with Crippen LogP contribution in [0.15, 0.2) is 17.0 Å². The van der Waals surface area contributed by atoms with Crippen molar-refractivity contribution in [3.05, 3.63) is 28.8 Å². The average Bonchev–Trinajstić information content (AvgIpc) is 2.24. The Morgan fingerprint density at radius 3 is 2.20 bits per heavy atom. The second-order valence-electron chi connectivity index (χ2n) is 5.48. The minimum atomic E-state index is -3.61. The lowest BCUT2D eigenvalue weighted by Crippen LogP contribution is -2.42.